The number of aromatic nitrogens is 1. The van der Waals surface area contributed by atoms with E-state index in [2.05, 4.69) is 36.5 Å². The molecule has 1 atom stereocenters. The van der Waals surface area contributed by atoms with Crippen LogP contribution < -0.4 is 5.32 Å². The van der Waals surface area contributed by atoms with Gasteiger partial charge in [-0.1, -0.05) is 12.8 Å². The Hall–Kier alpha value is -0.410. The maximum absolute atomic E-state index is 4.38. The SMILES string of the molecule is CC(NC(C)(C)C1CCCC1)c1cscn1. The molecule has 0 saturated heterocycles. The molecule has 2 rings (SSSR count). The van der Waals surface area contributed by atoms with Gasteiger partial charge < -0.3 is 5.32 Å². The first kappa shape index (κ1) is 12.1. The van der Waals surface area contributed by atoms with E-state index in [1.165, 1.54) is 31.4 Å². The highest BCUT2D eigenvalue weighted by Gasteiger charge is 2.32. The van der Waals surface area contributed by atoms with Crippen LogP contribution in [0.1, 0.15) is 58.2 Å². The second kappa shape index (κ2) is 4.84. The van der Waals surface area contributed by atoms with Gasteiger partial charge in [-0.3, -0.25) is 0 Å². The average molecular weight is 238 g/mol. The predicted octanol–water partition coefficient (Wildman–Crippen LogP) is 3.76. The molecule has 1 unspecified atom stereocenters. The summed E-state index contributed by atoms with van der Waals surface area (Å²) in [6, 6.07) is 0.363. The highest BCUT2D eigenvalue weighted by Crippen LogP contribution is 2.35. The number of hydrogen-bond donors (Lipinski definition) is 1. The molecule has 16 heavy (non-hydrogen) atoms. The number of nitrogens with one attached hydrogen (secondary N) is 1. The zero-order valence-corrected chi connectivity index (χ0v) is 11.3. The number of hydrogen-bond acceptors (Lipinski definition) is 3. The quantitative estimate of drug-likeness (QED) is 0.864. The Morgan fingerprint density at radius 1 is 1.44 bits per heavy atom. The van der Waals surface area contributed by atoms with Crippen LogP contribution >= 0.6 is 11.3 Å². The van der Waals surface area contributed by atoms with E-state index in [1.807, 2.05) is 5.51 Å². The summed E-state index contributed by atoms with van der Waals surface area (Å²) in [7, 11) is 0. The van der Waals surface area contributed by atoms with Crippen LogP contribution in [0.5, 0.6) is 0 Å². The number of thiazole rings is 1. The lowest BCUT2D eigenvalue weighted by Gasteiger charge is -2.35. The molecule has 2 nitrogen and oxygen atoms in total. The fourth-order valence-corrected chi connectivity index (χ4v) is 3.48. The third-order valence-corrected chi connectivity index (χ3v) is 4.46. The summed E-state index contributed by atoms with van der Waals surface area (Å²) >= 11 is 1.68. The van der Waals surface area contributed by atoms with Gasteiger partial charge in [-0.05, 0) is 39.5 Å². The molecule has 0 radical (unpaired) electrons. The molecule has 1 aromatic heterocycles. The van der Waals surface area contributed by atoms with Crippen LogP contribution in [0.2, 0.25) is 0 Å². The lowest BCUT2D eigenvalue weighted by atomic mass is 9.85. The highest BCUT2D eigenvalue weighted by atomic mass is 32.1. The Morgan fingerprint density at radius 3 is 2.69 bits per heavy atom. The first-order chi connectivity index (χ1) is 7.59. The number of nitrogens with zero attached hydrogens (tertiary/aromatic N) is 1. The molecule has 1 fully saturated rings. The van der Waals surface area contributed by atoms with Crippen molar-refractivity contribution >= 4 is 11.3 Å². The van der Waals surface area contributed by atoms with Crippen molar-refractivity contribution in [2.45, 2.75) is 58.0 Å². The van der Waals surface area contributed by atoms with E-state index in [9.17, 15) is 0 Å². The van der Waals surface area contributed by atoms with Gasteiger partial charge >= 0.3 is 0 Å². The highest BCUT2D eigenvalue weighted by molar-refractivity contribution is 7.07. The number of rotatable bonds is 4. The fourth-order valence-electron chi connectivity index (χ4n) is 2.83. The molecule has 1 aliphatic carbocycles. The monoisotopic (exact) mass is 238 g/mol. The van der Waals surface area contributed by atoms with Crippen molar-refractivity contribution in [3.8, 4) is 0 Å². The Kier molecular flexibility index (Phi) is 3.65. The second-order valence-corrected chi connectivity index (χ2v) is 6.20. The van der Waals surface area contributed by atoms with Crippen molar-refractivity contribution in [2.75, 3.05) is 0 Å². The van der Waals surface area contributed by atoms with Gasteiger partial charge in [-0.2, -0.15) is 0 Å². The second-order valence-electron chi connectivity index (χ2n) is 5.48. The van der Waals surface area contributed by atoms with Crippen molar-refractivity contribution in [1.29, 1.82) is 0 Å². The standard InChI is InChI=1S/C13H22N2S/c1-10(12-8-16-9-14-12)15-13(2,3)11-6-4-5-7-11/h8-11,15H,4-7H2,1-3H3. The maximum Gasteiger partial charge on any atom is 0.0795 e. The van der Waals surface area contributed by atoms with Gasteiger partial charge in [0.15, 0.2) is 0 Å². The van der Waals surface area contributed by atoms with Crippen LogP contribution in [0, 0.1) is 5.92 Å². The lowest BCUT2D eigenvalue weighted by Crippen LogP contribution is -2.46. The molecule has 0 aromatic carbocycles. The minimum atomic E-state index is 0.236. The Labute approximate surface area is 102 Å². The van der Waals surface area contributed by atoms with Gasteiger partial charge in [-0.25, -0.2) is 4.98 Å². The average Bonchev–Trinajstić information content (AvgIpc) is 2.91. The largest absolute Gasteiger partial charge is 0.304 e. The first-order valence-corrected chi connectivity index (χ1v) is 7.19. The Bertz CT molecular complexity index is 313. The molecule has 1 heterocycles. The van der Waals surface area contributed by atoms with Gasteiger partial charge in [0.2, 0.25) is 0 Å². The van der Waals surface area contributed by atoms with Crippen molar-refractivity contribution in [3.05, 3.63) is 16.6 Å². The molecular formula is C13H22N2S. The van der Waals surface area contributed by atoms with Crippen molar-refractivity contribution in [2.24, 2.45) is 5.92 Å². The molecule has 3 heteroatoms. The summed E-state index contributed by atoms with van der Waals surface area (Å²) in [6.07, 6.45) is 5.56. The van der Waals surface area contributed by atoms with Gasteiger partial charge in [0.05, 0.1) is 11.2 Å². The summed E-state index contributed by atoms with van der Waals surface area (Å²) in [6.45, 7) is 6.89. The Balaban J connectivity index is 1.97. The van der Waals surface area contributed by atoms with Gasteiger partial charge in [0, 0.05) is 17.0 Å². The molecule has 90 valence electrons. The summed E-state index contributed by atoms with van der Waals surface area (Å²) in [4.78, 5) is 4.38. The molecule has 1 aliphatic rings. The van der Waals surface area contributed by atoms with Crippen molar-refractivity contribution in [1.82, 2.24) is 10.3 Å². The normalized spacial score (nSPS) is 20.2. The third-order valence-electron chi connectivity index (χ3n) is 3.86. The smallest absolute Gasteiger partial charge is 0.0795 e. The topological polar surface area (TPSA) is 24.9 Å². The van der Waals surface area contributed by atoms with Crippen LogP contribution in [0.4, 0.5) is 0 Å². The van der Waals surface area contributed by atoms with Crippen LogP contribution in [0.25, 0.3) is 0 Å². The molecule has 0 aliphatic heterocycles. The maximum atomic E-state index is 4.38. The van der Waals surface area contributed by atoms with Crippen LogP contribution in [-0.4, -0.2) is 10.5 Å². The minimum absolute atomic E-state index is 0.236. The Morgan fingerprint density at radius 2 is 2.12 bits per heavy atom. The summed E-state index contributed by atoms with van der Waals surface area (Å²) < 4.78 is 0. The van der Waals surface area contributed by atoms with E-state index in [0.717, 1.165) is 5.92 Å². The third kappa shape index (κ3) is 2.64. The zero-order chi connectivity index (χ0) is 11.6. The molecular weight excluding hydrogens is 216 g/mol. The molecule has 1 saturated carbocycles. The fraction of sp³-hybridized carbons (Fsp3) is 0.769. The van der Waals surface area contributed by atoms with E-state index in [1.54, 1.807) is 11.3 Å². The summed E-state index contributed by atoms with van der Waals surface area (Å²) in [5.41, 5.74) is 3.33. The van der Waals surface area contributed by atoms with Crippen molar-refractivity contribution < 1.29 is 0 Å². The van der Waals surface area contributed by atoms with E-state index in [-0.39, 0.29) is 5.54 Å². The van der Waals surface area contributed by atoms with E-state index in [4.69, 9.17) is 0 Å². The summed E-state index contributed by atoms with van der Waals surface area (Å²) in [5, 5.41) is 5.89. The molecule has 1 aromatic rings. The van der Waals surface area contributed by atoms with E-state index < -0.39 is 0 Å². The molecule has 0 amide bonds. The first-order valence-electron chi connectivity index (χ1n) is 6.25. The van der Waals surface area contributed by atoms with Gasteiger partial charge in [0.25, 0.3) is 0 Å². The van der Waals surface area contributed by atoms with Gasteiger partial charge in [-0.15, -0.1) is 11.3 Å². The van der Waals surface area contributed by atoms with Crippen LogP contribution in [-0.2, 0) is 0 Å². The zero-order valence-electron chi connectivity index (χ0n) is 10.5. The molecule has 1 N–H and O–H groups in total. The van der Waals surface area contributed by atoms with Crippen LogP contribution in [0.15, 0.2) is 10.9 Å². The van der Waals surface area contributed by atoms with Crippen molar-refractivity contribution in [3.63, 3.8) is 0 Å². The predicted molar refractivity (Wildman–Crippen MR) is 69.7 cm³/mol. The molecule has 0 spiro atoms. The summed E-state index contributed by atoms with van der Waals surface area (Å²) in [5.74, 6) is 0.827. The lowest BCUT2D eigenvalue weighted by molar-refractivity contribution is 0.233. The van der Waals surface area contributed by atoms with Crippen LogP contribution in [0.3, 0.4) is 0 Å². The molecule has 0 bridgehead atoms. The minimum Gasteiger partial charge on any atom is -0.304 e. The van der Waals surface area contributed by atoms with E-state index in [0.29, 0.717) is 6.04 Å². The van der Waals surface area contributed by atoms with E-state index >= 15 is 0 Å². The van der Waals surface area contributed by atoms with Gasteiger partial charge in [0.1, 0.15) is 0 Å².